The van der Waals surface area contributed by atoms with Crippen molar-refractivity contribution in [1.82, 2.24) is 0 Å². The summed E-state index contributed by atoms with van der Waals surface area (Å²) in [5, 5.41) is 0. The molecule has 1 fully saturated rings. The Bertz CT molecular complexity index is 364. The molecule has 0 aliphatic carbocycles. The lowest BCUT2D eigenvalue weighted by Gasteiger charge is -2.29. The molecule has 0 saturated carbocycles. The van der Waals surface area contributed by atoms with Crippen LogP contribution in [-0.4, -0.2) is 26.3 Å². The summed E-state index contributed by atoms with van der Waals surface area (Å²) in [6.45, 7) is 2.48. The molecule has 5 heteroatoms. The molecule has 0 N–H and O–H groups in total. The molecule has 0 bridgehead atoms. The van der Waals surface area contributed by atoms with Crippen molar-refractivity contribution in [3.8, 4) is 0 Å². The van der Waals surface area contributed by atoms with E-state index in [1.165, 1.54) is 6.07 Å². The minimum absolute atomic E-state index is 0.544. The zero-order chi connectivity index (χ0) is 11.5. The average Bonchev–Trinajstić information content (AvgIpc) is 2.29. The number of anilines is 1. The van der Waals surface area contributed by atoms with Gasteiger partial charge in [-0.2, -0.15) is 0 Å². The topological polar surface area (TPSA) is 12.5 Å². The van der Waals surface area contributed by atoms with E-state index < -0.39 is 17.8 Å². The van der Waals surface area contributed by atoms with E-state index >= 15 is 0 Å². The largest absolute Gasteiger partial charge is 0.378 e. The number of halogens is 3. The number of nitrogens with zero attached hydrogens (tertiary/aromatic N) is 1. The Kier molecular flexibility index (Phi) is 3.33. The van der Waals surface area contributed by atoms with E-state index in [0.29, 0.717) is 32.0 Å². The molecule has 0 atom stereocenters. The van der Waals surface area contributed by atoms with Crippen molar-refractivity contribution < 1.29 is 17.9 Å². The van der Waals surface area contributed by atoms with Crippen LogP contribution in [0.2, 0.25) is 0 Å². The van der Waals surface area contributed by atoms with Gasteiger partial charge >= 0.3 is 0 Å². The highest BCUT2D eigenvalue weighted by Crippen LogP contribution is 2.26. The fourth-order valence-corrected chi connectivity index (χ4v) is 1.71. The predicted molar refractivity (Wildman–Crippen MR) is 54.4 cm³/mol. The average molecular weight is 231 g/mol. The van der Waals surface area contributed by atoms with E-state index in [9.17, 15) is 13.2 Å². The Morgan fingerprint density at radius 1 is 1.19 bits per heavy atom. The van der Waals surface area contributed by atoms with Crippen LogP contribution in [0.25, 0.3) is 0 Å². The van der Waals surface area contributed by atoms with Crippen LogP contribution < -0.4 is 4.90 Å². The van der Waals surface area contributed by atoms with Gasteiger partial charge in [0.2, 0.25) is 0 Å². The highest BCUT2D eigenvalue weighted by atomic mass is 19.3. The third kappa shape index (κ3) is 2.29. The Labute approximate surface area is 91.6 Å². The fourth-order valence-electron chi connectivity index (χ4n) is 1.71. The van der Waals surface area contributed by atoms with E-state index in [-0.39, 0.29) is 0 Å². The van der Waals surface area contributed by atoms with Gasteiger partial charge in [-0.05, 0) is 18.2 Å². The first-order chi connectivity index (χ1) is 7.68. The van der Waals surface area contributed by atoms with Crippen LogP contribution in [0.1, 0.15) is 12.0 Å². The normalized spacial score (nSPS) is 16.9. The molecule has 1 aliphatic heterocycles. The Hall–Kier alpha value is -1.23. The molecular formula is C11H12F3NO. The summed E-state index contributed by atoms with van der Waals surface area (Å²) in [6, 6.07) is 3.83. The van der Waals surface area contributed by atoms with Crippen LogP contribution in [0.5, 0.6) is 0 Å². The summed E-state index contributed by atoms with van der Waals surface area (Å²) in [4.78, 5) is 1.92. The van der Waals surface area contributed by atoms with Crippen LogP contribution in [0, 0.1) is 5.82 Å². The molecule has 0 unspecified atom stereocenters. The van der Waals surface area contributed by atoms with Crippen molar-refractivity contribution in [3.63, 3.8) is 0 Å². The molecule has 1 saturated heterocycles. The predicted octanol–water partition coefficient (Wildman–Crippen LogP) is 2.60. The summed E-state index contributed by atoms with van der Waals surface area (Å²) in [5.74, 6) is -0.848. The lowest BCUT2D eigenvalue weighted by molar-refractivity contribution is 0.122. The molecule has 2 rings (SSSR count). The number of morpholine rings is 1. The van der Waals surface area contributed by atoms with Crippen LogP contribution in [0.3, 0.4) is 0 Å². The van der Waals surface area contributed by atoms with E-state index in [1.54, 1.807) is 0 Å². The number of benzene rings is 1. The first kappa shape index (κ1) is 11.3. The van der Waals surface area contributed by atoms with Crippen LogP contribution in [0.15, 0.2) is 18.2 Å². The van der Waals surface area contributed by atoms with Crippen LogP contribution in [0.4, 0.5) is 18.9 Å². The highest BCUT2D eigenvalue weighted by molar-refractivity contribution is 5.48. The van der Waals surface area contributed by atoms with Gasteiger partial charge in [-0.15, -0.1) is 0 Å². The maximum atomic E-state index is 13.3. The Balaban J connectivity index is 2.19. The van der Waals surface area contributed by atoms with Gasteiger partial charge in [-0.1, -0.05) is 0 Å². The lowest BCUT2D eigenvalue weighted by atomic mass is 10.2. The molecular weight excluding hydrogens is 219 g/mol. The molecule has 1 aromatic rings. The number of hydrogen-bond acceptors (Lipinski definition) is 2. The Morgan fingerprint density at radius 3 is 2.44 bits per heavy atom. The number of alkyl halides is 2. The third-order valence-electron chi connectivity index (χ3n) is 2.60. The minimum atomic E-state index is -2.77. The van der Waals surface area contributed by atoms with Gasteiger partial charge in [0.25, 0.3) is 6.43 Å². The van der Waals surface area contributed by atoms with Gasteiger partial charge in [0.1, 0.15) is 5.82 Å². The van der Waals surface area contributed by atoms with E-state index in [0.717, 1.165) is 12.1 Å². The molecule has 0 spiro atoms. The molecule has 16 heavy (non-hydrogen) atoms. The Morgan fingerprint density at radius 2 is 1.88 bits per heavy atom. The maximum Gasteiger partial charge on any atom is 0.266 e. The summed E-state index contributed by atoms with van der Waals surface area (Å²) >= 11 is 0. The van der Waals surface area contributed by atoms with Crippen molar-refractivity contribution in [2.45, 2.75) is 6.43 Å². The van der Waals surface area contributed by atoms with Gasteiger partial charge < -0.3 is 9.64 Å². The number of rotatable bonds is 2. The lowest BCUT2D eigenvalue weighted by Crippen LogP contribution is -2.36. The van der Waals surface area contributed by atoms with Crippen molar-refractivity contribution in [2.24, 2.45) is 0 Å². The van der Waals surface area contributed by atoms with Gasteiger partial charge in [0, 0.05) is 18.8 Å². The summed E-state index contributed by atoms with van der Waals surface area (Å²) in [7, 11) is 0. The second kappa shape index (κ2) is 4.74. The maximum absolute atomic E-state index is 13.3. The summed E-state index contributed by atoms with van der Waals surface area (Å²) in [6.07, 6.45) is -2.77. The molecule has 0 amide bonds. The molecule has 88 valence electrons. The van der Waals surface area contributed by atoms with Crippen molar-refractivity contribution in [2.75, 3.05) is 31.2 Å². The summed E-state index contributed by atoms with van der Waals surface area (Å²) < 4.78 is 43.1. The standard InChI is InChI=1S/C11H12F3NO/c12-10-7-8(1-2-9(10)11(13)14)15-3-5-16-6-4-15/h1-2,7,11H,3-6H2. The summed E-state index contributed by atoms with van der Waals surface area (Å²) in [5.41, 5.74) is 0.0854. The highest BCUT2D eigenvalue weighted by Gasteiger charge is 2.16. The molecule has 0 aromatic heterocycles. The SMILES string of the molecule is Fc1cc(N2CCOCC2)ccc1C(F)F. The van der Waals surface area contributed by atoms with Crippen molar-refractivity contribution >= 4 is 5.69 Å². The van der Waals surface area contributed by atoms with Gasteiger partial charge in [0.15, 0.2) is 0 Å². The van der Waals surface area contributed by atoms with Crippen LogP contribution >= 0.6 is 0 Å². The minimum Gasteiger partial charge on any atom is -0.378 e. The van der Waals surface area contributed by atoms with E-state index in [1.807, 2.05) is 4.90 Å². The van der Waals surface area contributed by atoms with E-state index in [2.05, 4.69) is 0 Å². The van der Waals surface area contributed by atoms with Gasteiger partial charge in [-0.25, -0.2) is 13.2 Å². The molecule has 0 radical (unpaired) electrons. The fraction of sp³-hybridized carbons (Fsp3) is 0.455. The number of hydrogen-bond donors (Lipinski definition) is 0. The van der Waals surface area contributed by atoms with E-state index in [4.69, 9.17) is 4.74 Å². The quantitative estimate of drug-likeness (QED) is 0.775. The zero-order valence-corrected chi connectivity index (χ0v) is 8.63. The number of ether oxygens (including phenoxy) is 1. The zero-order valence-electron chi connectivity index (χ0n) is 8.63. The molecule has 1 aromatic carbocycles. The smallest absolute Gasteiger partial charge is 0.266 e. The first-order valence-corrected chi connectivity index (χ1v) is 5.09. The second-order valence-electron chi connectivity index (χ2n) is 3.61. The third-order valence-corrected chi connectivity index (χ3v) is 2.60. The van der Waals surface area contributed by atoms with Crippen molar-refractivity contribution in [3.05, 3.63) is 29.6 Å². The monoisotopic (exact) mass is 231 g/mol. The van der Waals surface area contributed by atoms with Crippen LogP contribution in [-0.2, 0) is 4.74 Å². The van der Waals surface area contributed by atoms with Gasteiger partial charge in [0.05, 0.1) is 18.8 Å². The molecule has 2 nitrogen and oxygen atoms in total. The first-order valence-electron chi connectivity index (χ1n) is 5.09. The van der Waals surface area contributed by atoms with Crippen molar-refractivity contribution in [1.29, 1.82) is 0 Å². The second-order valence-corrected chi connectivity index (χ2v) is 3.61. The molecule has 1 aliphatic rings. The van der Waals surface area contributed by atoms with Gasteiger partial charge in [-0.3, -0.25) is 0 Å². The molecule has 1 heterocycles.